The molecule has 0 aliphatic rings. The van der Waals surface area contributed by atoms with Crippen molar-refractivity contribution in [2.45, 2.75) is 0 Å². The van der Waals surface area contributed by atoms with E-state index in [9.17, 15) is 0 Å². The van der Waals surface area contributed by atoms with Crippen LogP contribution in [0.25, 0.3) is 0 Å². The number of rotatable bonds is 2. The molecule has 0 saturated heterocycles. The highest BCUT2D eigenvalue weighted by Gasteiger charge is 1.97. The standard InChI is InChI=1S/C13H7Cl3N2/c14-9-1-3-10(4-2-9)17-8-18-11-5-6-12(15)13(16)7-11/h1-7H. The van der Waals surface area contributed by atoms with E-state index in [4.69, 9.17) is 34.8 Å². The van der Waals surface area contributed by atoms with Crippen molar-refractivity contribution in [2.75, 3.05) is 0 Å². The number of halogens is 3. The minimum Gasteiger partial charge on any atom is -0.188 e. The lowest BCUT2D eigenvalue weighted by Gasteiger charge is -1.94. The smallest absolute Gasteiger partial charge is 0.100 e. The summed E-state index contributed by atoms with van der Waals surface area (Å²) in [6.07, 6.45) is 0. The van der Waals surface area contributed by atoms with Crippen LogP contribution in [0.15, 0.2) is 52.4 Å². The van der Waals surface area contributed by atoms with Crippen molar-refractivity contribution < 1.29 is 0 Å². The molecule has 0 heterocycles. The molecule has 0 amide bonds. The molecule has 0 spiro atoms. The normalized spacial score (nSPS) is 9.72. The first kappa shape index (κ1) is 13.1. The topological polar surface area (TPSA) is 24.7 Å². The second kappa shape index (κ2) is 6.03. The van der Waals surface area contributed by atoms with Crippen LogP contribution in [-0.4, -0.2) is 6.01 Å². The summed E-state index contributed by atoms with van der Waals surface area (Å²) >= 11 is 17.4. The Balaban J connectivity index is 2.19. The van der Waals surface area contributed by atoms with Gasteiger partial charge in [0.2, 0.25) is 0 Å². The number of hydrogen-bond donors (Lipinski definition) is 0. The summed E-state index contributed by atoms with van der Waals surface area (Å²) < 4.78 is 0. The Hall–Kier alpha value is -1.31. The van der Waals surface area contributed by atoms with E-state index in [-0.39, 0.29) is 0 Å². The molecule has 5 heteroatoms. The van der Waals surface area contributed by atoms with Gasteiger partial charge in [-0.25, -0.2) is 0 Å². The van der Waals surface area contributed by atoms with Gasteiger partial charge in [0.15, 0.2) is 0 Å². The first-order valence-corrected chi connectivity index (χ1v) is 6.15. The Morgan fingerprint density at radius 3 is 2.00 bits per heavy atom. The number of aliphatic imine (C=N–C) groups is 2. The summed E-state index contributed by atoms with van der Waals surface area (Å²) in [7, 11) is 0. The van der Waals surface area contributed by atoms with E-state index in [2.05, 4.69) is 16.0 Å². The second-order valence-electron chi connectivity index (χ2n) is 3.40. The number of benzene rings is 2. The van der Waals surface area contributed by atoms with Crippen LogP contribution in [-0.2, 0) is 0 Å². The molecule has 0 N–H and O–H groups in total. The van der Waals surface area contributed by atoms with Crippen LogP contribution in [0.5, 0.6) is 0 Å². The highest BCUT2D eigenvalue weighted by atomic mass is 35.5. The molecule has 0 saturated carbocycles. The van der Waals surface area contributed by atoms with Gasteiger partial charge in [0, 0.05) is 5.02 Å². The Morgan fingerprint density at radius 2 is 1.33 bits per heavy atom. The molecule has 0 radical (unpaired) electrons. The third-order valence-electron chi connectivity index (χ3n) is 2.09. The molecule has 0 aromatic heterocycles. The lowest BCUT2D eigenvalue weighted by atomic mass is 10.3. The molecule has 2 nitrogen and oxygen atoms in total. The lowest BCUT2D eigenvalue weighted by Crippen LogP contribution is -1.68. The highest BCUT2D eigenvalue weighted by Crippen LogP contribution is 2.26. The predicted octanol–water partition coefficient (Wildman–Crippen LogP) is 5.78. The predicted molar refractivity (Wildman–Crippen MR) is 77.1 cm³/mol. The Morgan fingerprint density at radius 1 is 0.722 bits per heavy atom. The summed E-state index contributed by atoms with van der Waals surface area (Å²) in [5.74, 6) is 0. The van der Waals surface area contributed by atoms with Gasteiger partial charge in [-0.05, 0) is 42.5 Å². The molecular formula is C13H7Cl3N2. The van der Waals surface area contributed by atoms with Crippen LogP contribution >= 0.6 is 34.8 Å². The molecule has 0 aliphatic heterocycles. The van der Waals surface area contributed by atoms with Crippen molar-refractivity contribution in [3.8, 4) is 0 Å². The van der Waals surface area contributed by atoms with Gasteiger partial charge < -0.3 is 0 Å². The number of hydrogen-bond acceptors (Lipinski definition) is 2. The lowest BCUT2D eigenvalue weighted by molar-refractivity contribution is 1.49. The molecule has 0 atom stereocenters. The molecule has 0 bridgehead atoms. The van der Waals surface area contributed by atoms with Crippen LogP contribution in [0.3, 0.4) is 0 Å². The van der Waals surface area contributed by atoms with Crippen LogP contribution in [0.1, 0.15) is 0 Å². The van der Waals surface area contributed by atoms with Gasteiger partial charge in [-0.3, -0.25) is 0 Å². The van der Waals surface area contributed by atoms with E-state index in [0.717, 1.165) is 5.69 Å². The third-order valence-corrected chi connectivity index (χ3v) is 3.08. The Kier molecular flexibility index (Phi) is 4.40. The largest absolute Gasteiger partial charge is 0.188 e. The van der Waals surface area contributed by atoms with Crippen LogP contribution in [0.4, 0.5) is 11.4 Å². The maximum atomic E-state index is 5.86. The zero-order valence-electron chi connectivity index (χ0n) is 9.07. The van der Waals surface area contributed by atoms with E-state index < -0.39 is 0 Å². The van der Waals surface area contributed by atoms with Gasteiger partial charge in [0.1, 0.15) is 6.01 Å². The molecule has 2 rings (SSSR count). The SMILES string of the molecule is Clc1ccc(N=C=Nc2ccc(Cl)c(Cl)c2)cc1. The van der Waals surface area contributed by atoms with Gasteiger partial charge in [-0.2, -0.15) is 9.98 Å². The number of nitrogens with zero attached hydrogens (tertiary/aromatic N) is 2. The van der Waals surface area contributed by atoms with Crippen molar-refractivity contribution in [1.82, 2.24) is 0 Å². The van der Waals surface area contributed by atoms with Crippen molar-refractivity contribution >= 4 is 52.2 Å². The van der Waals surface area contributed by atoms with Gasteiger partial charge >= 0.3 is 0 Å². The maximum absolute atomic E-state index is 5.86. The van der Waals surface area contributed by atoms with Gasteiger partial charge in [-0.15, -0.1) is 0 Å². The van der Waals surface area contributed by atoms with E-state index in [1.165, 1.54) is 0 Å². The molecule has 2 aromatic carbocycles. The summed E-state index contributed by atoms with van der Waals surface area (Å²) in [5, 5.41) is 1.60. The fraction of sp³-hybridized carbons (Fsp3) is 0. The van der Waals surface area contributed by atoms with E-state index in [1.807, 2.05) is 0 Å². The monoisotopic (exact) mass is 296 g/mol. The Bertz CT molecular complexity index is 615. The van der Waals surface area contributed by atoms with Crippen molar-refractivity contribution in [3.63, 3.8) is 0 Å². The quantitative estimate of drug-likeness (QED) is 0.627. The van der Waals surface area contributed by atoms with Crippen molar-refractivity contribution in [1.29, 1.82) is 0 Å². The van der Waals surface area contributed by atoms with Gasteiger partial charge in [-0.1, -0.05) is 34.8 Å². The zero-order valence-corrected chi connectivity index (χ0v) is 11.3. The summed E-state index contributed by atoms with van der Waals surface area (Å²) in [6, 6.07) is 14.7. The van der Waals surface area contributed by atoms with Crippen LogP contribution in [0.2, 0.25) is 15.1 Å². The maximum Gasteiger partial charge on any atom is 0.100 e. The zero-order chi connectivity index (χ0) is 13.0. The molecule has 0 aliphatic carbocycles. The van der Waals surface area contributed by atoms with Crippen molar-refractivity contribution in [3.05, 3.63) is 57.5 Å². The molecular weight excluding hydrogens is 291 g/mol. The fourth-order valence-electron chi connectivity index (χ4n) is 1.21. The minimum atomic E-state index is 0.450. The molecule has 90 valence electrons. The average Bonchev–Trinajstić information content (AvgIpc) is 2.36. The summed E-state index contributed by atoms with van der Waals surface area (Å²) in [5.41, 5.74) is 1.37. The molecule has 0 unspecified atom stereocenters. The molecule has 0 fully saturated rings. The summed E-state index contributed by atoms with van der Waals surface area (Å²) in [4.78, 5) is 8.08. The molecule has 2 aromatic rings. The van der Waals surface area contributed by atoms with Gasteiger partial charge in [0.25, 0.3) is 0 Å². The highest BCUT2D eigenvalue weighted by molar-refractivity contribution is 6.42. The molecule has 18 heavy (non-hydrogen) atoms. The van der Waals surface area contributed by atoms with E-state index in [1.54, 1.807) is 42.5 Å². The third kappa shape index (κ3) is 3.59. The minimum absolute atomic E-state index is 0.450. The van der Waals surface area contributed by atoms with Gasteiger partial charge in [0.05, 0.1) is 21.4 Å². The summed E-state index contributed by atoms with van der Waals surface area (Å²) in [6.45, 7) is 0. The second-order valence-corrected chi connectivity index (χ2v) is 4.65. The van der Waals surface area contributed by atoms with E-state index >= 15 is 0 Å². The first-order chi connectivity index (χ1) is 8.65. The average molecular weight is 298 g/mol. The van der Waals surface area contributed by atoms with Crippen LogP contribution in [0, 0.1) is 0 Å². The van der Waals surface area contributed by atoms with E-state index in [0.29, 0.717) is 20.8 Å². The fourth-order valence-corrected chi connectivity index (χ4v) is 1.63. The van der Waals surface area contributed by atoms with Crippen LogP contribution < -0.4 is 0 Å². The van der Waals surface area contributed by atoms with Crippen molar-refractivity contribution in [2.24, 2.45) is 9.98 Å². The Labute approximate surface area is 120 Å². The first-order valence-electron chi connectivity index (χ1n) is 5.02.